The minimum atomic E-state index is -0.348. The van der Waals surface area contributed by atoms with Crippen LogP contribution in [0.3, 0.4) is 0 Å². The van der Waals surface area contributed by atoms with Gasteiger partial charge in [-0.2, -0.15) is 15.0 Å². The van der Waals surface area contributed by atoms with Gasteiger partial charge in [-0.25, -0.2) is 0 Å². The van der Waals surface area contributed by atoms with Crippen LogP contribution in [0.25, 0.3) is 0 Å². The lowest BCUT2D eigenvalue weighted by Gasteiger charge is -2.27. The Morgan fingerprint density at radius 3 is 2.67 bits per heavy atom. The maximum absolute atomic E-state index is 12.5. The fourth-order valence-corrected chi connectivity index (χ4v) is 3.27. The first-order chi connectivity index (χ1) is 13.2. The van der Waals surface area contributed by atoms with Crippen LogP contribution in [-0.2, 0) is 9.53 Å². The van der Waals surface area contributed by atoms with Crippen molar-refractivity contribution in [2.75, 3.05) is 48.4 Å². The second kappa shape index (κ2) is 9.52. The number of carbonyl (C=O) groups is 1. The van der Waals surface area contributed by atoms with Crippen LogP contribution in [0.1, 0.15) is 13.8 Å². The molecular weight excluding hydrogens is 364 g/mol. The van der Waals surface area contributed by atoms with Crippen LogP contribution in [-0.4, -0.2) is 59.0 Å². The highest BCUT2D eigenvalue weighted by Gasteiger charge is 2.20. The third-order valence-electron chi connectivity index (χ3n) is 3.92. The quantitative estimate of drug-likeness (QED) is 0.698. The number of aromatic nitrogens is 3. The van der Waals surface area contributed by atoms with Gasteiger partial charge in [-0.3, -0.25) is 4.79 Å². The number of amides is 1. The van der Waals surface area contributed by atoms with Gasteiger partial charge in [0.25, 0.3) is 0 Å². The van der Waals surface area contributed by atoms with E-state index in [9.17, 15) is 4.79 Å². The highest BCUT2D eigenvalue weighted by atomic mass is 32.2. The van der Waals surface area contributed by atoms with Crippen LogP contribution < -0.4 is 15.5 Å². The van der Waals surface area contributed by atoms with E-state index in [1.54, 1.807) is 0 Å². The molecule has 1 amide bonds. The van der Waals surface area contributed by atoms with E-state index in [2.05, 4.69) is 30.5 Å². The maximum Gasteiger partial charge on any atom is 0.237 e. The molecule has 1 aliphatic heterocycles. The van der Waals surface area contributed by atoms with Crippen molar-refractivity contribution in [3.63, 3.8) is 0 Å². The van der Waals surface area contributed by atoms with Crippen molar-refractivity contribution >= 4 is 35.3 Å². The average molecular weight is 388 g/mol. The zero-order chi connectivity index (χ0) is 19.1. The Labute approximate surface area is 163 Å². The number of rotatable bonds is 7. The fraction of sp³-hybridized carbons (Fsp3) is 0.444. The summed E-state index contributed by atoms with van der Waals surface area (Å²) in [6.07, 6.45) is 0. The zero-order valence-electron chi connectivity index (χ0n) is 15.5. The van der Waals surface area contributed by atoms with Gasteiger partial charge < -0.3 is 20.3 Å². The normalized spacial score (nSPS) is 15.3. The Morgan fingerprint density at radius 2 is 1.96 bits per heavy atom. The van der Waals surface area contributed by atoms with Gasteiger partial charge >= 0.3 is 0 Å². The molecule has 144 valence electrons. The molecule has 1 fully saturated rings. The van der Waals surface area contributed by atoms with Gasteiger partial charge in [0.05, 0.1) is 18.5 Å². The van der Waals surface area contributed by atoms with E-state index in [4.69, 9.17) is 4.74 Å². The van der Waals surface area contributed by atoms with E-state index < -0.39 is 0 Å². The van der Waals surface area contributed by atoms with Crippen molar-refractivity contribution < 1.29 is 9.53 Å². The molecular formula is C18H24N6O2S. The summed E-state index contributed by atoms with van der Waals surface area (Å²) >= 11 is 1.32. The molecule has 1 aromatic heterocycles. The lowest BCUT2D eigenvalue weighted by atomic mass is 10.3. The lowest BCUT2D eigenvalue weighted by molar-refractivity contribution is -0.115. The number of nitrogens with one attached hydrogen (secondary N) is 2. The van der Waals surface area contributed by atoms with Crippen molar-refractivity contribution in [3.8, 4) is 0 Å². The number of morpholine rings is 1. The number of hydrogen-bond donors (Lipinski definition) is 2. The van der Waals surface area contributed by atoms with E-state index in [1.165, 1.54) is 11.8 Å². The van der Waals surface area contributed by atoms with Crippen LogP contribution in [0.4, 0.5) is 17.6 Å². The van der Waals surface area contributed by atoms with Gasteiger partial charge in [-0.15, -0.1) is 0 Å². The summed E-state index contributed by atoms with van der Waals surface area (Å²) < 4.78 is 5.40. The zero-order valence-corrected chi connectivity index (χ0v) is 16.3. The van der Waals surface area contributed by atoms with Crippen LogP contribution in [0, 0.1) is 0 Å². The molecule has 2 N–H and O–H groups in total. The minimum absolute atomic E-state index is 0.0930. The average Bonchev–Trinajstić information content (AvgIpc) is 2.69. The SMILES string of the molecule is CCNc1nc(S[C@@H](C)C(=O)Nc2ccccc2)nc(N2CCOCC2)n1. The van der Waals surface area contributed by atoms with Gasteiger partial charge in [-0.1, -0.05) is 30.0 Å². The second-order valence-corrected chi connectivity index (χ2v) is 7.29. The number of carbonyl (C=O) groups excluding carboxylic acids is 1. The summed E-state index contributed by atoms with van der Waals surface area (Å²) in [5.74, 6) is 1.04. The third-order valence-corrected chi connectivity index (χ3v) is 4.89. The monoisotopic (exact) mass is 388 g/mol. The number of benzene rings is 1. The van der Waals surface area contributed by atoms with E-state index in [0.29, 0.717) is 36.8 Å². The summed E-state index contributed by atoms with van der Waals surface area (Å²) in [6, 6.07) is 9.40. The number of anilines is 3. The number of hydrogen-bond acceptors (Lipinski definition) is 8. The molecule has 0 saturated carbocycles. The Kier molecular flexibility index (Phi) is 6.83. The van der Waals surface area contributed by atoms with Gasteiger partial charge in [0.2, 0.25) is 17.8 Å². The van der Waals surface area contributed by atoms with Crippen molar-refractivity contribution in [1.82, 2.24) is 15.0 Å². The predicted octanol–water partition coefficient (Wildman–Crippen LogP) is 2.26. The second-order valence-electron chi connectivity index (χ2n) is 5.99. The molecule has 1 aliphatic rings. The van der Waals surface area contributed by atoms with Gasteiger partial charge in [0.15, 0.2) is 5.16 Å². The number of nitrogens with zero attached hydrogens (tertiary/aromatic N) is 4. The van der Waals surface area contributed by atoms with Crippen molar-refractivity contribution in [2.45, 2.75) is 24.3 Å². The molecule has 0 unspecified atom stereocenters. The molecule has 0 spiro atoms. The lowest BCUT2D eigenvalue weighted by Crippen LogP contribution is -2.37. The predicted molar refractivity (Wildman–Crippen MR) is 107 cm³/mol. The number of ether oxygens (including phenoxy) is 1. The first kappa shape index (κ1) is 19.4. The molecule has 1 saturated heterocycles. The molecule has 27 heavy (non-hydrogen) atoms. The maximum atomic E-state index is 12.5. The largest absolute Gasteiger partial charge is 0.378 e. The molecule has 9 heteroatoms. The van der Waals surface area contributed by atoms with E-state index in [0.717, 1.165) is 18.8 Å². The Balaban J connectivity index is 1.72. The first-order valence-corrected chi connectivity index (χ1v) is 9.89. The molecule has 0 aliphatic carbocycles. The molecule has 3 rings (SSSR count). The Morgan fingerprint density at radius 1 is 1.22 bits per heavy atom. The van der Waals surface area contributed by atoms with Gasteiger partial charge in [0.1, 0.15) is 0 Å². The Hall–Kier alpha value is -2.39. The molecule has 0 bridgehead atoms. The van der Waals surface area contributed by atoms with Gasteiger partial charge in [-0.05, 0) is 26.0 Å². The van der Waals surface area contributed by atoms with Crippen molar-refractivity contribution in [3.05, 3.63) is 30.3 Å². The standard InChI is InChI=1S/C18H24N6O2S/c1-3-19-16-21-17(24-9-11-26-12-10-24)23-18(22-16)27-13(2)15(25)20-14-7-5-4-6-8-14/h4-8,13H,3,9-12H2,1-2H3,(H,20,25)(H,19,21,22,23)/t13-/m0/s1. The molecule has 1 aromatic carbocycles. The highest BCUT2D eigenvalue weighted by Crippen LogP contribution is 2.24. The topological polar surface area (TPSA) is 92.3 Å². The minimum Gasteiger partial charge on any atom is -0.378 e. The van der Waals surface area contributed by atoms with Crippen LogP contribution in [0.2, 0.25) is 0 Å². The van der Waals surface area contributed by atoms with E-state index in [-0.39, 0.29) is 11.2 Å². The Bertz CT molecular complexity index is 755. The fourth-order valence-electron chi connectivity index (χ4n) is 2.52. The van der Waals surface area contributed by atoms with Crippen LogP contribution in [0.5, 0.6) is 0 Å². The molecule has 0 radical (unpaired) electrons. The third kappa shape index (κ3) is 5.54. The molecule has 8 nitrogen and oxygen atoms in total. The van der Waals surface area contributed by atoms with Crippen molar-refractivity contribution in [1.29, 1.82) is 0 Å². The molecule has 2 heterocycles. The van der Waals surface area contributed by atoms with Crippen LogP contribution >= 0.6 is 11.8 Å². The summed E-state index contributed by atoms with van der Waals surface area (Å²) in [5.41, 5.74) is 0.771. The number of thioether (sulfide) groups is 1. The highest BCUT2D eigenvalue weighted by molar-refractivity contribution is 8.00. The number of para-hydroxylation sites is 1. The summed E-state index contributed by atoms with van der Waals surface area (Å²) in [7, 11) is 0. The summed E-state index contributed by atoms with van der Waals surface area (Å²) in [5, 5.41) is 6.22. The van der Waals surface area contributed by atoms with Gasteiger partial charge in [0, 0.05) is 25.3 Å². The van der Waals surface area contributed by atoms with Crippen molar-refractivity contribution in [2.24, 2.45) is 0 Å². The summed E-state index contributed by atoms with van der Waals surface area (Å²) in [4.78, 5) is 28.0. The molecule has 2 aromatic rings. The smallest absolute Gasteiger partial charge is 0.237 e. The van der Waals surface area contributed by atoms with E-state index >= 15 is 0 Å². The van der Waals surface area contributed by atoms with Crippen LogP contribution in [0.15, 0.2) is 35.5 Å². The first-order valence-electron chi connectivity index (χ1n) is 9.01. The molecule has 1 atom stereocenters. The van der Waals surface area contributed by atoms with E-state index in [1.807, 2.05) is 44.2 Å². The summed E-state index contributed by atoms with van der Waals surface area (Å²) in [6.45, 7) is 7.32.